The number of benzene rings is 1. The third-order valence-electron chi connectivity index (χ3n) is 6.97. The van der Waals surface area contributed by atoms with Crippen LogP contribution in [0.1, 0.15) is 12.5 Å². The summed E-state index contributed by atoms with van der Waals surface area (Å²) in [5.74, 6) is 2.92. The fourth-order valence-corrected chi connectivity index (χ4v) is 4.94. The number of aromatic nitrogens is 5. The number of nitrogens with one attached hydrogen (secondary N) is 2. The molecule has 3 aromatic heterocycles. The molecule has 0 radical (unpaired) electrons. The third-order valence-corrected chi connectivity index (χ3v) is 7.35. The molecule has 0 aliphatic carbocycles. The van der Waals surface area contributed by atoms with E-state index >= 15 is 0 Å². The molecule has 208 valence electrons. The monoisotopic (exact) mass is 561 g/mol. The number of halogens is 1. The maximum atomic E-state index is 6.65. The standard InChI is InChI=1S/C28H32ClN9O2/c1-5-37-8-10-38(11-9-37)19-6-7-24(31-14-19)35-25-12-21(32-17-33-25)20-15-30-16-34-28(20)36-27-18(2)22(39-3)13-23(40-4)26(27)29/h6-7,12-17H,5,8-11H2,1-4H3,(H,30,34,36)(H,31,32,33,35). The zero-order valence-corrected chi connectivity index (χ0v) is 23.7. The van der Waals surface area contributed by atoms with Gasteiger partial charge in [-0.25, -0.2) is 24.9 Å². The van der Waals surface area contributed by atoms with Crippen molar-refractivity contribution in [2.24, 2.45) is 0 Å². The van der Waals surface area contributed by atoms with Crippen molar-refractivity contribution in [3.63, 3.8) is 0 Å². The lowest BCUT2D eigenvalue weighted by atomic mass is 10.1. The van der Waals surface area contributed by atoms with Crippen molar-refractivity contribution in [3.05, 3.63) is 59.9 Å². The first-order chi connectivity index (χ1) is 19.5. The van der Waals surface area contributed by atoms with Crippen molar-refractivity contribution in [3.8, 4) is 22.8 Å². The Morgan fingerprint density at radius 1 is 0.875 bits per heavy atom. The lowest BCUT2D eigenvalue weighted by molar-refractivity contribution is 0.271. The van der Waals surface area contributed by atoms with E-state index in [0.29, 0.717) is 50.9 Å². The zero-order chi connectivity index (χ0) is 28.1. The van der Waals surface area contributed by atoms with Crippen LogP contribution in [-0.2, 0) is 0 Å². The first kappa shape index (κ1) is 27.4. The van der Waals surface area contributed by atoms with Gasteiger partial charge < -0.3 is 29.9 Å². The summed E-state index contributed by atoms with van der Waals surface area (Å²) in [6.45, 7) is 9.33. The second-order valence-electron chi connectivity index (χ2n) is 9.24. The molecule has 0 amide bonds. The summed E-state index contributed by atoms with van der Waals surface area (Å²) in [7, 11) is 3.15. The molecule has 1 aromatic carbocycles. The van der Waals surface area contributed by atoms with Gasteiger partial charge >= 0.3 is 0 Å². The van der Waals surface area contributed by atoms with Crippen LogP contribution in [0.2, 0.25) is 5.02 Å². The largest absolute Gasteiger partial charge is 0.496 e. The van der Waals surface area contributed by atoms with Crippen LogP contribution in [0.25, 0.3) is 11.3 Å². The summed E-state index contributed by atoms with van der Waals surface area (Å²) in [6.07, 6.45) is 6.53. The molecule has 40 heavy (non-hydrogen) atoms. The Morgan fingerprint density at radius 3 is 2.38 bits per heavy atom. The van der Waals surface area contributed by atoms with Crippen LogP contribution >= 0.6 is 11.6 Å². The molecule has 1 saturated heterocycles. The average Bonchev–Trinajstić information content (AvgIpc) is 3.00. The van der Waals surface area contributed by atoms with Crippen LogP contribution in [0.3, 0.4) is 0 Å². The second kappa shape index (κ2) is 12.3. The van der Waals surface area contributed by atoms with Gasteiger partial charge in [0, 0.05) is 50.1 Å². The number of nitrogens with zero attached hydrogens (tertiary/aromatic N) is 7. The maximum Gasteiger partial charge on any atom is 0.143 e. The number of hydrogen-bond acceptors (Lipinski definition) is 11. The van der Waals surface area contributed by atoms with Crippen molar-refractivity contribution in [2.75, 3.05) is 62.5 Å². The number of likely N-dealkylation sites (N-methyl/N-ethyl adjacent to an activating group) is 1. The lowest BCUT2D eigenvalue weighted by Crippen LogP contribution is -2.46. The van der Waals surface area contributed by atoms with Gasteiger partial charge in [-0.3, -0.25) is 0 Å². The number of hydrogen-bond donors (Lipinski definition) is 2. The summed E-state index contributed by atoms with van der Waals surface area (Å²) < 4.78 is 10.9. The predicted octanol–water partition coefficient (Wildman–Crippen LogP) is 4.94. The summed E-state index contributed by atoms with van der Waals surface area (Å²) in [5, 5.41) is 7.01. The number of pyridine rings is 1. The Kier molecular flexibility index (Phi) is 8.42. The van der Waals surface area contributed by atoms with Gasteiger partial charge in [-0.15, -0.1) is 0 Å². The highest BCUT2D eigenvalue weighted by molar-refractivity contribution is 6.35. The van der Waals surface area contributed by atoms with Crippen LogP contribution in [0.5, 0.6) is 11.5 Å². The topological polar surface area (TPSA) is 113 Å². The fourth-order valence-electron chi connectivity index (χ4n) is 4.62. The molecule has 0 atom stereocenters. The maximum absolute atomic E-state index is 6.65. The van der Waals surface area contributed by atoms with E-state index in [1.807, 2.05) is 25.3 Å². The molecule has 12 heteroatoms. The molecular formula is C28H32ClN9O2. The molecular weight excluding hydrogens is 530 g/mol. The normalized spacial score (nSPS) is 13.7. The SMILES string of the molecule is CCN1CCN(c2ccc(Nc3cc(-c4cncnc4Nc4c(C)c(OC)cc(OC)c4Cl)ncn3)nc2)CC1. The molecule has 2 N–H and O–H groups in total. The minimum Gasteiger partial charge on any atom is -0.496 e. The Balaban J connectivity index is 1.36. The molecule has 11 nitrogen and oxygen atoms in total. The van der Waals surface area contributed by atoms with E-state index in [2.05, 4.69) is 58.3 Å². The molecule has 4 aromatic rings. The summed E-state index contributed by atoms with van der Waals surface area (Å²) in [4.78, 5) is 27.0. The van der Waals surface area contributed by atoms with Gasteiger partial charge in [0.25, 0.3) is 0 Å². The number of piperazine rings is 1. The van der Waals surface area contributed by atoms with Gasteiger partial charge in [0.1, 0.15) is 46.6 Å². The van der Waals surface area contributed by atoms with Crippen LogP contribution in [0.4, 0.5) is 28.8 Å². The molecule has 0 spiro atoms. The second-order valence-corrected chi connectivity index (χ2v) is 9.62. The van der Waals surface area contributed by atoms with Crippen molar-refractivity contribution >= 4 is 40.4 Å². The number of methoxy groups -OCH3 is 2. The smallest absolute Gasteiger partial charge is 0.143 e. The van der Waals surface area contributed by atoms with Gasteiger partial charge in [-0.05, 0) is 25.6 Å². The Morgan fingerprint density at radius 2 is 1.68 bits per heavy atom. The molecule has 4 heterocycles. The van der Waals surface area contributed by atoms with Crippen molar-refractivity contribution < 1.29 is 9.47 Å². The van der Waals surface area contributed by atoms with E-state index in [0.717, 1.165) is 44.0 Å². The number of anilines is 5. The van der Waals surface area contributed by atoms with Crippen molar-refractivity contribution in [1.29, 1.82) is 0 Å². The summed E-state index contributed by atoms with van der Waals surface area (Å²) in [5.41, 5.74) is 3.83. The minimum atomic E-state index is 0.414. The molecule has 0 unspecified atom stereocenters. The Hall–Kier alpha value is -4.22. The summed E-state index contributed by atoms with van der Waals surface area (Å²) in [6, 6.07) is 7.62. The average molecular weight is 562 g/mol. The van der Waals surface area contributed by atoms with E-state index < -0.39 is 0 Å². The van der Waals surface area contributed by atoms with E-state index in [-0.39, 0.29) is 0 Å². The van der Waals surface area contributed by atoms with E-state index in [1.54, 1.807) is 26.5 Å². The van der Waals surface area contributed by atoms with E-state index in [1.165, 1.54) is 12.7 Å². The first-order valence-electron chi connectivity index (χ1n) is 13.0. The number of ether oxygens (including phenoxy) is 2. The molecule has 1 fully saturated rings. The fraction of sp³-hybridized carbons (Fsp3) is 0.321. The van der Waals surface area contributed by atoms with Crippen LogP contribution in [0, 0.1) is 6.92 Å². The lowest BCUT2D eigenvalue weighted by Gasteiger charge is -2.35. The molecule has 0 saturated carbocycles. The zero-order valence-electron chi connectivity index (χ0n) is 23.0. The molecule has 1 aliphatic rings. The highest BCUT2D eigenvalue weighted by Crippen LogP contribution is 2.42. The molecule has 5 rings (SSSR count). The third kappa shape index (κ3) is 5.85. The Labute approximate surface area is 238 Å². The quantitative estimate of drug-likeness (QED) is 0.290. The van der Waals surface area contributed by atoms with Crippen LogP contribution < -0.4 is 25.0 Å². The predicted molar refractivity (Wildman–Crippen MR) is 157 cm³/mol. The van der Waals surface area contributed by atoms with Gasteiger partial charge in [-0.2, -0.15) is 0 Å². The first-order valence-corrected chi connectivity index (χ1v) is 13.4. The summed E-state index contributed by atoms with van der Waals surface area (Å²) >= 11 is 6.65. The van der Waals surface area contributed by atoms with Gasteiger partial charge in [0.05, 0.1) is 43.0 Å². The van der Waals surface area contributed by atoms with Gasteiger partial charge in [-0.1, -0.05) is 18.5 Å². The highest BCUT2D eigenvalue weighted by Gasteiger charge is 2.19. The molecule has 1 aliphatic heterocycles. The van der Waals surface area contributed by atoms with E-state index in [9.17, 15) is 0 Å². The minimum absolute atomic E-state index is 0.414. The van der Waals surface area contributed by atoms with E-state index in [4.69, 9.17) is 21.1 Å². The molecule has 0 bridgehead atoms. The Bertz CT molecular complexity index is 1430. The van der Waals surface area contributed by atoms with Crippen LogP contribution in [-0.4, -0.2) is 76.8 Å². The van der Waals surface area contributed by atoms with Gasteiger partial charge in [0.15, 0.2) is 0 Å². The van der Waals surface area contributed by atoms with Crippen LogP contribution in [0.15, 0.2) is 49.3 Å². The van der Waals surface area contributed by atoms with Crippen molar-refractivity contribution in [1.82, 2.24) is 29.8 Å². The van der Waals surface area contributed by atoms with Crippen molar-refractivity contribution in [2.45, 2.75) is 13.8 Å². The number of rotatable bonds is 9. The van der Waals surface area contributed by atoms with Gasteiger partial charge in [0.2, 0.25) is 0 Å². The highest BCUT2D eigenvalue weighted by atomic mass is 35.5.